The third-order valence-electron chi connectivity index (χ3n) is 3.65. The lowest BCUT2D eigenvalue weighted by molar-refractivity contribution is 0.379. The van der Waals surface area contributed by atoms with Gasteiger partial charge >= 0.3 is 0 Å². The fourth-order valence-electron chi connectivity index (χ4n) is 2.33. The van der Waals surface area contributed by atoms with Gasteiger partial charge in [-0.15, -0.1) is 0 Å². The zero-order chi connectivity index (χ0) is 14.5. The minimum atomic E-state index is 0.208. The van der Waals surface area contributed by atoms with Crippen LogP contribution in [0.2, 0.25) is 0 Å². The Labute approximate surface area is 119 Å². The molecule has 0 saturated carbocycles. The molecule has 0 aliphatic rings. The molecule has 0 aromatic heterocycles. The predicted octanol–water partition coefficient (Wildman–Crippen LogP) is 4.69. The highest BCUT2D eigenvalue weighted by Crippen LogP contribution is 2.27. The largest absolute Gasteiger partial charge is 0.312 e. The van der Waals surface area contributed by atoms with E-state index in [9.17, 15) is 0 Å². The van der Waals surface area contributed by atoms with Crippen LogP contribution in [0.5, 0.6) is 0 Å². The fraction of sp³-hybridized carbons (Fsp3) is 0.667. The van der Waals surface area contributed by atoms with Crippen LogP contribution in [-0.4, -0.2) is 12.1 Å². The predicted molar refractivity (Wildman–Crippen MR) is 85.8 cm³/mol. The maximum atomic E-state index is 3.59. The van der Waals surface area contributed by atoms with Crippen LogP contribution in [0.15, 0.2) is 24.3 Å². The Hall–Kier alpha value is -0.820. The molecule has 1 heteroatoms. The normalized spacial score (nSPS) is 12.7. The topological polar surface area (TPSA) is 12.0 Å². The van der Waals surface area contributed by atoms with E-state index < -0.39 is 0 Å². The summed E-state index contributed by atoms with van der Waals surface area (Å²) in [5.41, 5.74) is 3.38. The highest BCUT2D eigenvalue weighted by molar-refractivity contribution is 5.29. The Morgan fingerprint density at radius 1 is 1.05 bits per heavy atom. The maximum absolute atomic E-state index is 3.59. The first-order chi connectivity index (χ1) is 8.74. The van der Waals surface area contributed by atoms with Crippen molar-refractivity contribution in [3.63, 3.8) is 0 Å². The minimum Gasteiger partial charge on any atom is -0.312 e. The van der Waals surface area contributed by atoms with E-state index in [1.165, 1.54) is 30.4 Å². The summed E-state index contributed by atoms with van der Waals surface area (Å²) < 4.78 is 0. The molecule has 0 atom stereocenters. The highest BCUT2D eigenvalue weighted by Gasteiger charge is 2.21. The van der Waals surface area contributed by atoms with E-state index in [1.54, 1.807) is 0 Å². The summed E-state index contributed by atoms with van der Waals surface area (Å²) in [4.78, 5) is 0. The summed E-state index contributed by atoms with van der Waals surface area (Å²) in [5, 5.41) is 3.59. The minimum absolute atomic E-state index is 0.208. The Morgan fingerprint density at radius 2 is 1.74 bits per heavy atom. The summed E-state index contributed by atoms with van der Waals surface area (Å²) in [6.45, 7) is 14.7. The molecule has 0 amide bonds. The molecular formula is C18H31N. The van der Waals surface area contributed by atoms with Crippen LogP contribution >= 0.6 is 0 Å². The molecule has 0 radical (unpaired) electrons. The second-order valence-electron chi connectivity index (χ2n) is 7.26. The molecule has 0 spiro atoms. The van der Waals surface area contributed by atoms with Gasteiger partial charge in [-0.25, -0.2) is 0 Å². The molecule has 1 N–H and O–H groups in total. The average Bonchev–Trinajstić information content (AvgIpc) is 2.28. The molecular weight excluding hydrogens is 230 g/mol. The van der Waals surface area contributed by atoms with Crippen molar-refractivity contribution >= 4 is 0 Å². The van der Waals surface area contributed by atoms with Gasteiger partial charge in [-0.05, 0) is 56.7 Å². The Bertz CT molecular complexity index is 385. The number of aryl methyl sites for hydroxylation is 1. The molecule has 0 saturated heterocycles. The summed E-state index contributed by atoms with van der Waals surface area (Å²) in [5.74, 6) is 0. The van der Waals surface area contributed by atoms with E-state index >= 15 is 0 Å². The third kappa shape index (κ3) is 5.78. The van der Waals surface area contributed by atoms with Gasteiger partial charge in [0.15, 0.2) is 0 Å². The molecule has 1 aromatic carbocycles. The van der Waals surface area contributed by atoms with Crippen molar-refractivity contribution in [2.75, 3.05) is 6.54 Å². The van der Waals surface area contributed by atoms with Crippen LogP contribution in [0.3, 0.4) is 0 Å². The first-order valence-electron chi connectivity index (χ1n) is 7.59. The van der Waals surface area contributed by atoms with Gasteiger partial charge in [0.2, 0.25) is 0 Å². The van der Waals surface area contributed by atoms with Gasteiger partial charge in [-0.2, -0.15) is 0 Å². The van der Waals surface area contributed by atoms with Crippen LogP contribution < -0.4 is 5.32 Å². The highest BCUT2D eigenvalue weighted by atomic mass is 14.9. The molecule has 0 fully saturated rings. The number of hydrogen-bond donors (Lipinski definition) is 1. The molecule has 0 aliphatic carbocycles. The number of nitrogens with one attached hydrogen (secondary N) is 1. The lowest BCUT2D eigenvalue weighted by Gasteiger charge is -2.29. The standard InChI is InChI=1S/C18H31N/c1-7-9-15-10-8-11-16(14-15)18(5,6)12-13-19-17(2,3)4/h8,10-11,14,19H,7,9,12-13H2,1-6H3. The maximum Gasteiger partial charge on any atom is 0.00965 e. The smallest absolute Gasteiger partial charge is 0.00965 e. The van der Waals surface area contributed by atoms with Gasteiger partial charge in [0.1, 0.15) is 0 Å². The monoisotopic (exact) mass is 261 g/mol. The van der Waals surface area contributed by atoms with Gasteiger partial charge in [0.25, 0.3) is 0 Å². The first kappa shape index (κ1) is 16.2. The van der Waals surface area contributed by atoms with Gasteiger partial charge in [0.05, 0.1) is 0 Å². The molecule has 0 unspecified atom stereocenters. The van der Waals surface area contributed by atoms with Gasteiger partial charge in [-0.3, -0.25) is 0 Å². The van der Waals surface area contributed by atoms with Crippen molar-refractivity contribution in [1.29, 1.82) is 0 Å². The average molecular weight is 261 g/mol. The van der Waals surface area contributed by atoms with Gasteiger partial charge in [-0.1, -0.05) is 51.5 Å². The number of rotatable bonds is 6. The van der Waals surface area contributed by atoms with Crippen molar-refractivity contribution in [3.05, 3.63) is 35.4 Å². The fourth-order valence-corrected chi connectivity index (χ4v) is 2.33. The third-order valence-corrected chi connectivity index (χ3v) is 3.65. The van der Waals surface area contributed by atoms with Crippen molar-refractivity contribution in [2.24, 2.45) is 0 Å². The second kappa shape index (κ2) is 6.56. The Morgan fingerprint density at radius 3 is 2.32 bits per heavy atom. The van der Waals surface area contributed by atoms with Crippen LogP contribution in [0.1, 0.15) is 65.5 Å². The SMILES string of the molecule is CCCc1cccc(C(C)(C)CCNC(C)(C)C)c1. The van der Waals surface area contributed by atoms with E-state index in [1.807, 2.05) is 0 Å². The molecule has 0 aliphatic heterocycles. The zero-order valence-electron chi connectivity index (χ0n) is 13.6. The molecule has 1 aromatic rings. The molecule has 19 heavy (non-hydrogen) atoms. The molecule has 1 nitrogen and oxygen atoms in total. The Balaban J connectivity index is 2.68. The van der Waals surface area contributed by atoms with Crippen LogP contribution in [0.25, 0.3) is 0 Å². The number of hydrogen-bond acceptors (Lipinski definition) is 1. The molecule has 0 heterocycles. The number of benzene rings is 1. The van der Waals surface area contributed by atoms with Crippen molar-refractivity contribution in [3.8, 4) is 0 Å². The van der Waals surface area contributed by atoms with E-state index in [4.69, 9.17) is 0 Å². The zero-order valence-corrected chi connectivity index (χ0v) is 13.6. The summed E-state index contributed by atoms with van der Waals surface area (Å²) in [6.07, 6.45) is 3.57. The molecule has 108 valence electrons. The lowest BCUT2D eigenvalue weighted by Crippen LogP contribution is -2.38. The van der Waals surface area contributed by atoms with Crippen molar-refractivity contribution < 1.29 is 0 Å². The first-order valence-corrected chi connectivity index (χ1v) is 7.59. The van der Waals surface area contributed by atoms with E-state index in [-0.39, 0.29) is 11.0 Å². The van der Waals surface area contributed by atoms with Gasteiger partial charge in [0, 0.05) is 5.54 Å². The van der Waals surface area contributed by atoms with E-state index in [0.29, 0.717) is 0 Å². The Kier molecular flexibility index (Phi) is 5.61. The summed E-state index contributed by atoms with van der Waals surface area (Å²) in [7, 11) is 0. The quantitative estimate of drug-likeness (QED) is 0.783. The van der Waals surface area contributed by atoms with Gasteiger partial charge < -0.3 is 5.32 Å². The van der Waals surface area contributed by atoms with E-state index in [0.717, 1.165) is 6.54 Å². The van der Waals surface area contributed by atoms with E-state index in [2.05, 4.69) is 71.1 Å². The lowest BCUT2D eigenvalue weighted by atomic mass is 9.80. The second-order valence-corrected chi connectivity index (χ2v) is 7.26. The summed E-state index contributed by atoms with van der Waals surface area (Å²) >= 11 is 0. The molecule has 0 bridgehead atoms. The van der Waals surface area contributed by atoms with Crippen molar-refractivity contribution in [1.82, 2.24) is 5.32 Å². The van der Waals surface area contributed by atoms with Crippen molar-refractivity contribution in [2.45, 2.75) is 71.8 Å². The summed E-state index contributed by atoms with van der Waals surface area (Å²) in [6, 6.07) is 9.12. The van der Waals surface area contributed by atoms with Crippen LogP contribution in [0, 0.1) is 0 Å². The van der Waals surface area contributed by atoms with Crippen LogP contribution in [-0.2, 0) is 11.8 Å². The molecule has 1 rings (SSSR count). The van der Waals surface area contributed by atoms with Crippen LogP contribution in [0.4, 0.5) is 0 Å².